The first-order valence-corrected chi connectivity index (χ1v) is 8.10. The second kappa shape index (κ2) is 5.90. The van der Waals surface area contributed by atoms with Crippen LogP contribution < -0.4 is 5.32 Å². The average Bonchev–Trinajstić information content (AvgIpc) is 2.76. The maximum atomic E-state index is 5.80. The zero-order chi connectivity index (χ0) is 14.0. The second-order valence-corrected chi connectivity index (χ2v) is 7.16. The maximum Gasteiger partial charge on any atom is 0.122 e. The van der Waals surface area contributed by atoms with Crippen LogP contribution in [0.5, 0.6) is 0 Å². The zero-order valence-electron chi connectivity index (χ0n) is 12.7. The lowest BCUT2D eigenvalue weighted by Gasteiger charge is -2.34. The summed E-state index contributed by atoms with van der Waals surface area (Å²) in [6, 6.07) is 0.448. The fourth-order valence-electron chi connectivity index (χ4n) is 2.89. The van der Waals surface area contributed by atoms with E-state index in [9.17, 15) is 0 Å². The van der Waals surface area contributed by atoms with E-state index in [-0.39, 0.29) is 6.10 Å². The number of hydrogen-bond acceptors (Lipinski definition) is 4. The Hall–Kier alpha value is -0.450. The van der Waals surface area contributed by atoms with Crippen LogP contribution in [0.2, 0.25) is 0 Å². The molecule has 0 saturated carbocycles. The van der Waals surface area contributed by atoms with Crippen LogP contribution in [0.25, 0.3) is 0 Å². The summed E-state index contributed by atoms with van der Waals surface area (Å²) in [5, 5.41) is 4.61. The van der Waals surface area contributed by atoms with Gasteiger partial charge in [-0.15, -0.1) is 11.3 Å². The summed E-state index contributed by atoms with van der Waals surface area (Å²) < 4.78 is 5.80. The van der Waals surface area contributed by atoms with E-state index in [1.807, 2.05) is 11.3 Å². The van der Waals surface area contributed by atoms with Gasteiger partial charge in [0, 0.05) is 17.5 Å². The van der Waals surface area contributed by atoms with Crippen LogP contribution in [0.3, 0.4) is 0 Å². The number of ether oxygens (including phenoxy) is 1. The van der Waals surface area contributed by atoms with Crippen LogP contribution in [-0.2, 0) is 11.2 Å². The minimum atomic E-state index is 0.168. The minimum Gasteiger partial charge on any atom is -0.371 e. The van der Waals surface area contributed by atoms with Crippen molar-refractivity contribution in [1.29, 1.82) is 0 Å². The molecule has 0 bridgehead atoms. The van der Waals surface area contributed by atoms with Crippen molar-refractivity contribution in [3.63, 3.8) is 0 Å². The summed E-state index contributed by atoms with van der Waals surface area (Å²) in [6.07, 6.45) is 3.43. The first-order valence-electron chi connectivity index (χ1n) is 7.29. The van der Waals surface area contributed by atoms with E-state index >= 15 is 0 Å². The highest BCUT2D eigenvalue weighted by Gasteiger charge is 2.35. The number of thiazole rings is 1. The molecule has 19 heavy (non-hydrogen) atoms. The fraction of sp³-hybridized carbons (Fsp3) is 0.800. The standard InChI is InChI=1S/C15H26N2OS/c1-6-12(18-7-2)14-17-11-9-15(3,4)8-10(16-5)13(11)19-14/h10,12,16H,6-9H2,1-5H3. The Morgan fingerprint density at radius 3 is 2.79 bits per heavy atom. The van der Waals surface area contributed by atoms with Gasteiger partial charge in [-0.25, -0.2) is 4.98 Å². The van der Waals surface area contributed by atoms with Gasteiger partial charge in [-0.1, -0.05) is 20.8 Å². The summed E-state index contributed by atoms with van der Waals surface area (Å²) >= 11 is 1.84. The molecule has 0 saturated heterocycles. The molecule has 1 aromatic heterocycles. The largest absolute Gasteiger partial charge is 0.371 e. The van der Waals surface area contributed by atoms with Crippen LogP contribution in [0.15, 0.2) is 0 Å². The Balaban J connectivity index is 2.30. The zero-order valence-corrected chi connectivity index (χ0v) is 13.6. The molecule has 1 N–H and O–H groups in total. The molecule has 2 atom stereocenters. The second-order valence-electron chi connectivity index (χ2n) is 6.10. The van der Waals surface area contributed by atoms with Gasteiger partial charge in [0.25, 0.3) is 0 Å². The number of hydrogen-bond donors (Lipinski definition) is 1. The van der Waals surface area contributed by atoms with Gasteiger partial charge < -0.3 is 10.1 Å². The number of aromatic nitrogens is 1. The lowest BCUT2D eigenvalue weighted by Crippen LogP contribution is -2.30. The van der Waals surface area contributed by atoms with E-state index < -0.39 is 0 Å². The van der Waals surface area contributed by atoms with Crippen molar-refractivity contribution in [3.05, 3.63) is 15.6 Å². The molecule has 0 aromatic carbocycles. The molecule has 4 heteroatoms. The van der Waals surface area contributed by atoms with Gasteiger partial charge in [-0.05, 0) is 38.6 Å². The highest BCUT2D eigenvalue weighted by atomic mass is 32.1. The Morgan fingerprint density at radius 1 is 1.47 bits per heavy atom. The predicted molar refractivity (Wildman–Crippen MR) is 80.7 cm³/mol. The van der Waals surface area contributed by atoms with Crippen LogP contribution >= 0.6 is 11.3 Å². The van der Waals surface area contributed by atoms with E-state index in [1.54, 1.807) is 0 Å². The molecule has 3 nitrogen and oxygen atoms in total. The molecule has 0 radical (unpaired) electrons. The van der Waals surface area contributed by atoms with E-state index in [4.69, 9.17) is 9.72 Å². The molecule has 1 aliphatic carbocycles. The molecular weight excluding hydrogens is 256 g/mol. The van der Waals surface area contributed by atoms with Crippen molar-refractivity contribution in [2.75, 3.05) is 13.7 Å². The normalized spacial score (nSPS) is 23.1. The molecule has 2 unspecified atom stereocenters. The topological polar surface area (TPSA) is 34.1 Å². The number of nitrogens with one attached hydrogen (secondary N) is 1. The van der Waals surface area contributed by atoms with E-state index in [0.717, 1.165) is 24.5 Å². The summed E-state index contributed by atoms with van der Waals surface area (Å²) in [5.41, 5.74) is 1.62. The lowest BCUT2D eigenvalue weighted by atomic mass is 9.76. The Labute approximate surface area is 120 Å². The van der Waals surface area contributed by atoms with Gasteiger partial charge in [0.15, 0.2) is 0 Å². The third-order valence-corrected chi connectivity index (χ3v) is 5.13. The predicted octanol–water partition coefficient (Wildman–Crippen LogP) is 3.86. The Kier molecular flexibility index (Phi) is 4.64. The molecule has 2 rings (SSSR count). The summed E-state index contributed by atoms with van der Waals surface area (Å²) in [4.78, 5) is 6.31. The quantitative estimate of drug-likeness (QED) is 0.890. The van der Waals surface area contributed by atoms with E-state index in [2.05, 4.69) is 40.1 Å². The molecule has 1 aromatic rings. The average molecular weight is 282 g/mol. The summed E-state index contributed by atoms with van der Waals surface area (Å²) in [5.74, 6) is 0. The lowest BCUT2D eigenvalue weighted by molar-refractivity contribution is 0.0595. The van der Waals surface area contributed by atoms with Crippen molar-refractivity contribution in [1.82, 2.24) is 10.3 Å². The first-order chi connectivity index (χ1) is 9.00. The van der Waals surface area contributed by atoms with Gasteiger partial charge >= 0.3 is 0 Å². The molecule has 1 heterocycles. The SMILES string of the molecule is CCOC(CC)c1nc2c(s1)C(NC)CC(C)(C)C2. The molecule has 108 valence electrons. The van der Waals surface area contributed by atoms with Crippen molar-refractivity contribution in [2.45, 2.75) is 59.1 Å². The van der Waals surface area contributed by atoms with Crippen molar-refractivity contribution >= 4 is 11.3 Å². The van der Waals surface area contributed by atoms with Gasteiger partial charge in [0.1, 0.15) is 11.1 Å². The Morgan fingerprint density at radius 2 is 2.21 bits per heavy atom. The highest BCUT2D eigenvalue weighted by Crippen LogP contribution is 2.44. The van der Waals surface area contributed by atoms with Gasteiger partial charge in [0.2, 0.25) is 0 Å². The number of nitrogens with zero attached hydrogens (tertiary/aromatic N) is 1. The van der Waals surface area contributed by atoms with Crippen LogP contribution in [0, 0.1) is 5.41 Å². The molecule has 0 fully saturated rings. The van der Waals surface area contributed by atoms with Crippen molar-refractivity contribution in [3.8, 4) is 0 Å². The fourth-order valence-corrected chi connectivity index (χ4v) is 4.21. The maximum absolute atomic E-state index is 5.80. The summed E-state index contributed by atoms with van der Waals surface area (Å²) in [7, 11) is 2.05. The third-order valence-electron chi connectivity index (χ3n) is 3.83. The van der Waals surface area contributed by atoms with Gasteiger partial charge in [0.05, 0.1) is 5.69 Å². The molecule has 0 aliphatic heterocycles. The van der Waals surface area contributed by atoms with Crippen molar-refractivity contribution < 1.29 is 4.74 Å². The molecule has 0 spiro atoms. The van der Waals surface area contributed by atoms with E-state index in [0.29, 0.717) is 11.5 Å². The molecular formula is C15H26N2OS. The molecule has 1 aliphatic rings. The minimum absolute atomic E-state index is 0.168. The number of fused-ring (bicyclic) bond motifs is 1. The Bertz CT molecular complexity index is 428. The van der Waals surface area contributed by atoms with E-state index in [1.165, 1.54) is 17.0 Å². The van der Waals surface area contributed by atoms with Crippen LogP contribution in [-0.4, -0.2) is 18.6 Å². The monoisotopic (exact) mass is 282 g/mol. The first kappa shape index (κ1) is 14.9. The molecule has 0 amide bonds. The number of rotatable bonds is 5. The highest BCUT2D eigenvalue weighted by molar-refractivity contribution is 7.11. The van der Waals surface area contributed by atoms with Gasteiger partial charge in [-0.2, -0.15) is 0 Å². The van der Waals surface area contributed by atoms with Crippen LogP contribution in [0.1, 0.15) is 68.3 Å². The smallest absolute Gasteiger partial charge is 0.122 e. The van der Waals surface area contributed by atoms with Crippen LogP contribution in [0.4, 0.5) is 0 Å². The van der Waals surface area contributed by atoms with Gasteiger partial charge in [-0.3, -0.25) is 0 Å². The third kappa shape index (κ3) is 3.18. The summed E-state index contributed by atoms with van der Waals surface area (Å²) in [6.45, 7) is 9.64. The van der Waals surface area contributed by atoms with Crippen molar-refractivity contribution in [2.24, 2.45) is 5.41 Å².